The zero-order valence-corrected chi connectivity index (χ0v) is 20.8. The van der Waals surface area contributed by atoms with E-state index < -0.39 is 11.6 Å². The Labute approximate surface area is 209 Å². The quantitative estimate of drug-likeness (QED) is 0.349. The fraction of sp³-hybridized carbons (Fsp3) is 0.379. The van der Waals surface area contributed by atoms with Gasteiger partial charge in [-0.1, -0.05) is 32.8 Å². The Kier molecular flexibility index (Phi) is 6.40. The molecule has 7 heteroatoms. The van der Waals surface area contributed by atoms with E-state index in [1.807, 2.05) is 6.92 Å². The molecule has 2 unspecified atom stereocenters. The van der Waals surface area contributed by atoms with Gasteiger partial charge in [0.2, 0.25) is 0 Å². The number of nitrogens with zero attached hydrogens (tertiary/aromatic N) is 3. The van der Waals surface area contributed by atoms with Crippen molar-refractivity contribution in [1.29, 1.82) is 0 Å². The molecule has 0 spiro atoms. The van der Waals surface area contributed by atoms with Crippen LogP contribution < -0.4 is 5.32 Å². The molecule has 2 aromatic heterocycles. The Balaban J connectivity index is 0.000000330. The summed E-state index contributed by atoms with van der Waals surface area (Å²) in [6, 6.07) is 5.80. The van der Waals surface area contributed by atoms with E-state index in [1.165, 1.54) is 37.4 Å². The number of halogens is 2. The summed E-state index contributed by atoms with van der Waals surface area (Å²) in [5.41, 5.74) is 1.42. The van der Waals surface area contributed by atoms with Crippen LogP contribution in [0.5, 0.6) is 5.75 Å². The number of rotatable bonds is 3. The van der Waals surface area contributed by atoms with Gasteiger partial charge in [0, 0.05) is 16.3 Å². The van der Waals surface area contributed by atoms with Crippen LogP contribution in [0, 0.1) is 35.8 Å². The number of fused-ring (bicyclic) bond motifs is 2. The zero-order valence-electron chi connectivity index (χ0n) is 20.8. The van der Waals surface area contributed by atoms with Crippen molar-refractivity contribution in [2.75, 3.05) is 13.1 Å². The van der Waals surface area contributed by atoms with Crippen LogP contribution in [0.1, 0.15) is 50.9 Å². The van der Waals surface area contributed by atoms with Crippen molar-refractivity contribution in [2.24, 2.45) is 11.8 Å². The molecule has 1 aliphatic heterocycles. The molecule has 2 aliphatic rings. The molecule has 4 aromatic rings. The number of nitrogens with one attached hydrogen (secondary N) is 1. The molecule has 0 radical (unpaired) electrons. The zero-order chi connectivity index (χ0) is 25.6. The average Bonchev–Trinajstić information content (AvgIpc) is 3.50. The molecule has 2 fully saturated rings. The van der Waals surface area contributed by atoms with Gasteiger partial charge in [-0.15, -0.1) is 6.42 Å². The summed E-state index contributed by atoms with van der Waals surface area (Å²) in [4.78, 5) is 4.55. The summed E-state index contributed by atoms with van der Waals surface area (Å²) in [6.45, 7) is 8.97. The summed E-state index contributed by atoms with van der Waals surface area (Å²) < 4.78 is 31.9. The van der Waals surface area contributed by atoms with Crippen LogP contribution in [0.2, 0.25) is 0 Å². The number of hydrogen-bond acceptors (Lipinski definition) is 4. The first-order chi connectivity index (χ1) is 17.3. The van der Waals surface area contributed by atoms with Crippen LogP contribution in [-0.2, 0) is 6.42 Å². The van der Waals surface area contributed by atoms with Gasteiger partial charge in [0.1, 0.15) is 22.8 Å². The van der Waals surface area contributed by atoms with Crippen molar-refractivity contribution in [1.82, 2.24) is 20.1 Å². The summed E-state index contributed by atoms with van der Waals surface area (Å²) >= 11 is 0. The second-order valence-electron chi connectivity index (χ2n) is 9.93. The number of terminal acetylenes is 1. The second-order valence-corrected chi connectivity index (χ2v) is 9.93. The van der Waals surface area contributed by atoms with Gasteiger partial charge >= 0.3 is 0 Å². The fourth-order valence-corrected chi connectivity index (χ4v) is 4.89. The van der Waals surface area contributed by atoms with E-state index in [1.54, 1.807) is 10.9 Å². The molecule has 186 valence electrons. The molecule has 0 amide bonds. The lowest BCUT2D eigenvalue weighted by molar-refractivity contribution is 0.476. The number of aromatic nitrogens is 3. The fourth-order valence-electron chi connectivity index (χ4n) is 4.89. The maximum absolute atomic E-state index is 15.8. The Morgan fingerprint density at radius 2 is 1.89 bits per heavy atom. The molecule has 1 saturated carbocycles. The molecule has 6 rings (SSSR count). The molecular weight excluding hydrogens is 458 g/mol. The van der Waals surface area contributed by atoms with Crippen molar-refractivity contribution in [3.63, 3.8) is 0 Å². The standard InChI is InChI=1S/C23H17F2N3O.C6H13N/c1-3-15-18(24)8-5-12-9-14(29)10-16(20(12)15)22-21(25)23-17(19(4-2)27-22)11-26-28(23)13-6-7-13;1-5-3-7-4-6(5)2/h1,5,8-11,13,29H,4,6-7H2,2H3;5-7H,3-4H2,1-2H3. The van der Waals surface area contributed by atoms with Gasteiger partial charge in [0.25, 0.3) is 0 Å². The number of benzene rings is 2. The SMILES string of the molecule is C#Cc1c(F)ccc2cc(O)cc(-c3nc(CC)c4cnn(C5CC5)c4c3F)c12.CC1CNCC1C. The third-order valence-electron chi connectivity index (χ3n) is 7.35. The Hall–Kier alpha value is -3.50. The minimum atomic E-state index is -0.577. The molecule has 1 saturated heterocycles. The third-order valence-corrected chi connectivity index (χ3v) is 7.35. The Morgan fingerprint density at radius 1 is 1.17 bits per heavy atom. The minimum absolute atomic E-state index is 0.0209. The molecule has 2 aromatic carbocycles. The lowest BCUT2D eigenvalue weighted by atomic mass is 9.95. The van der Waals surface area contributed by atoms with E-state index in [9.17, 15) is 9.50 Å². The number of aromatic hydroxyl groups is 1. The van der Waals surface area contributed by atoms with Crippen molar-refractivity contribution >= 4 is 21.7 Å². The number of aryl methyl sites for hydroxylation is 1. The lowest BCUT2D eigenvalue weighted by Crippen LogP contribution is -2.06. The van der Waals surface area contributed by atoms with Crippen molar-refractivity contribution in [3.8, 4) is 29.4 Å². The Bertz CT molecular complexity index is 1490. The summed E-state index contributed by atoms with van der Waals surface area (Å²) in [5.74, 6) is 2.98. The topological polar surface area (TPSA) is 63.0 Å². The molecule has 2 N–H and O–H groups in total. The molecular formula is C29H30F2N4O. The highest BCUT2D eigenvalue weighted by Crippen LogP contribution is 2.41. The van der Waals surface area contributed by atoms with Crippen molar-refractivity contribution in [3.05, 3.63) is 53.4 Å². The highest BCUT2D eigenvalue weighted by Gasteiger charge is 2.30. The summed E-state index contributed by atoms with van der Waals surface area (Å²) in [7, 11) is 0. The van der Waals surface area contributed by atoms with Gasteiger partial charge in [0.15, 0.2) is 5.82 Å². The van der Waals surface area contributed by atoms with Gasteiger partial charge in [-0.3, -0.25) is 4.68 Å². The van der Waals surface area contributed by atoms with E-state index >= 15 is 4.39 Å². The van der Waals surface area contributed by atoms with Gasteiger partial charge in [-0.05, 0) is 67.8 Å². The number of hydrogen-bond donors (Lipinski definition) is 2. The third kappa shape index (κ3) is 4.20. The molecule has 36 heavy (non-hydrogen) atoms. The highest BCUT2D eigenvalue weighted by molar-refractivity contribution is 6.02. The van der Waals surface area contributed by atoms with Gasteiger partial charge in [-0.25, -0.2) is 13.8 Å². The first-order valence-electron chi connectivity index (χ1n) is 12.5. The lowest BCUT2D eigenvalue weighted by Gasteiger charge is -2.14. The smallest absolute Gasteiger partial charge is 0.175 e. The molecule has 5 nitrogen and oxygen atoms in total. The van der Waals surface area contributed by atoms with E-state index in [0.717, 1.165) is 24.7 Å². The maximum Gasteiger partial charge on any atom is 0.175 e. The minimum Gasteiger partial charge on any atom is -0.508 e. The highest BCUT2D eigenvalue weighted by atomic mass is 19.1. The second kappa shape index (κ2) is 9.51. The number of phenols is 1. The average molecular weight is 489 g/mol. The van der Waals surface area contributed by atoms with Crippen LogP contribution in [0.25, 0.3) is 32.9 Å². The van der Waals surface area contributed by atoms with E-state index in [-0.39, 0.29) is 28.6 Å². The van der Waals surface area contributed by atoms with Crippen LogP contribution in [0.4, 0.5) is 8.78 Å². The number of pyridine rings is 1. The van der Waals surface area contributed by atoms with Crippen LogP contribution in [-0.4, -0.2) is 33.0 Å². The van der Waals surface area contributed by atoms with Crippen LogP contribution in [0.15, 0.2) is 30.5 Å². The summed E-state index contributed by atoms with van der Waals surface area (Å²) in [6.07, 6.45) is 9.70. The molecule has 0 bridgehead atoms. The van der Waals surface area contributed by atoms with Gasteiger partial charge in [0.05, 0.1) is 23.5 Å². The molecule has 2 atom stereocenters. The normalized spacial score (nSPS) is 19.3. The van der Waals surface area contributed by atoms with Gasteiger partial charge in [-0.2, -0.15) is 5.10 Å². The molecule has 3 heterocycles. The van der Waals surface area contributed by atoms with Gasteiger partial charge < -0.3 is 10.4 Å². The predicted molar refractivity (Wildman–Crippen MR) is 139 cm³/mol. The maximum atomic E-state index is 15.8. The van der Waals surface area contributed by atoms with E-state index in [2.05, 4.69) is 35.2 Å². The monoisotopic (exact) mass is 488 g/mol. The van der Waals surface area contributed by atoms with E-state index in [0.29, 0.717) is 33.8 Å². The number of phenolic OH excluding ortho intramolecular Hbond substituents is 1. The van der Waals surface area contributed by atoms with E-state index in [4.69, 9.17) is 6.42 Å². The first kappa shape index (κ1) is 24.2. The first-order valence-corrected chi connectivity index (χ1v) is 12.5. The van der Waals surface area contributed by atoms with Crippen molar-refractivity contribution < 1.29 is 13.9 Å². The van der Waals surface area contributed by atoms with Crippen LogP contribution in [0.3, 0.4) is 0 Å². The van der Waals surface area contributed by atoms with Crippen molar-refractivity contribution in [2.45, 2.75) is 46.1 Å². The Morgan fingerprint density at radius 3 is 2.47 bits per heavy atom. The summed E-state index contributed by atoms with van der Waals surface area (Å²) in [5, 5.41) is 19.5. The predicted octanol–water partition coefficient (Wildman–Crippen LogP) is 5.98. The molecule has 1 aliphatic carbocycles. The van der Waals surface area contributed by atoms with Crippen LogP contribution >= 0.6 is 0 Å². The largest absolute Gasteiger partial charge is 0.508 e.